The van der Waals surface area contributed by atoms with Crippen molar-refractivity contribution in [3.63, 3.8) is 0 Å². The summed E-state index contributed by atoms with van der Waals surface area (Å²) in [5, 5.41) is 9.82. The van der Waals surface area contributed by atoms with Crippen molar-refractivity contribution in [1.29, 1.82) is 5.26 Å². The van der Waals surface area contributed by atoms with Crippen LogP contribution in [0.4, 0.5) is 4.79 Å². The average Bonchev–Trinajstić information content (AvgIpc) is 2.98. The number of para-hydroxylation sites is 1. The highest BCUT2D eigenvalue weighted by atomic mass is 16.6. The zero-order chi connectivity index (χ0) is 20.2. The van der Waals surface area contributed by atoms with Crippen LogP contribution in [0.1, 0.15) is 32.8 Å². The SMILES string of the molecule is [C-]#[N+]C(CC#N)(Cc1cn(C(=O)OC(C)(C)C)c2ccccc12)C(=O)OC. The van der Waals surface area contributed by atoms with E-state index in [0.717, 1.165) is 0 Å². The number of rotatable bonds is 4. The van der Waals surface area contributed by atoms with Gasteiger partial charge in [0.15, 0.2) is 0 Å². The molecule has 0 amide bonds. The normalized spacial score (nSPS) is 13.3. The van der Waals surface area contributed by atoms with Crippen molar-refractivity contribution < 1.29 is 19.1 Å². The van der Waals surface area contributed by atoms with Crippen LogP contribution < -0.4 is 0 Å². The maximum absolute atomic E-state index is 12.6. The monoisotopic (exact) mass is 367 g/mol. The molecule has 7 heteroatoms. The van der Waals surface area contributed by atoms with E-state index in [1.807, 2.05) is 6.07 Å². The molecule has 0 fully saturated rings. The van der Waals surface area contributed by atoms with Crippen molar-refractivity contribution in [3.05, 3.63) is 47.4 Å². The second kappa shape index (κ2) is 7.51. The summed E-state index contributed by atoms with van der Waals surface area (Å²) < 4.78 is 11.6. The highest BCUT2D eigenvalue weighted by molar-refractivity contribution is 5.93. The molecule has 140 valence electrons. The molecule has 7 nitrogen and oxygen atoms in total. The van der Waals surface area contributed by atoms with E-state index in [4.69, 9.17) is 21.3 Å². The number of esters is 1. The predicted octanol–water partition coefficient (Wildman–Crippen LogP) is 3.71. The van der Waals surface area contributed by atoms with Crippen LogP contribution in [0.5, 0.6) is 0 Å². The molecule has 0 aliphatic heterocycles. The quantitative estimate of drug-likeness (QED) is 0.607. The van der Waals surface area contributed by atoms with Crippen molar-refractivity contribution in [1.82, 2.24) is 4.57 Å². The van der Waals surface area contributed by atoms with E-state index in [0.29, 0.717) is 16.5 Å². The van der Waals surface area contributed by atoms with Gasteiger partial charge in [-0.1, -0.05) is 18.2 Å². The van der Waals surface area contributed by atoms with E-state index >= 15 is 0 Å². The summed E-state index contributed by atoms with van der Waals surface area (Å²) in [7, 11) is 1.18. The van der Waals surface area contributed by atoms with Gasteiger partial charge in [0.05, 0.1) is 25.1 Å². The first-order valence-corrected chi connectivity index (χ1v) is 8.34. The number of carbonyl (C=O) groups is 2. The highest BCUT2D eigenvalue weighted by Crippen LogP contribution is 2.30. The highest BCUT2D eigenvalue weighted by Gasteiger charge is 2.48. The lowest BCUT2D eigenvalue weighted by Gasteiger charge is -2.19. The number of nitriles is 1. The first-order valence-electron chi connectivity index (χ1n) is 8.34. The molecule has 0 aliphatic rings. The fourth-order valence-electron chi connectivity index (χ4n) is 2.82. The molecule has 1 atom stereocenters. The number of hydrogen-bond donors (Lipinski definition) is 0. The number of ether oxygens (including phenoxy) is 2. The molecule has 1 unspecified atom stereocenters. The largest absolute Gasteiger partial charge is 0.463 e. The first-order chi connectivity index (χ1) is 12.7. The van der Waals surface area contributed by atoms with Crippen LogP contribution in [0, 0.1) is 17.9 Å². The van der Waals surface area contributed by atoms with Crippen molar-refractivity contribution in [3.8, 4) is 6.07 Å². The molecule has 1 heterocycles. The molecule has 1 aromatic carbocycles. The summed E-state index contributed by atoms with van der Waals surface area (Å²) >= 11 is 0. The lowest BCUT2D eigenvalue weighted by atomic mass is 9.88. The van der Waals surface area contributed by atoms with Gasteiger partial charge in [-0.05, 0) is 32.4 Å². The van der Waals surface area contributed by atoms with Crippen molar-refractivity contribution in [2.45, 2.75) is 44.8 Å². The maximum Gasteiger partial charge on any atom is 0.419 e. The van der Waals surface area contributed by atoms with Gasteiger partial charge in [-0.25, -0.2) is 16.2 Å². The molecule has 0 radical (unpaired) electrons. The second-order valence-electron chi connectivity index (χ2n) is 7.17. The first kappa shape index (κ1) is 20.0. The molecule has 0 saturated heterocycles. The van der Waals surface area contributed by atoms with Crippen molar-refractivity contribution >= 4 is 23.0 Å². The molecule has 0 N–H and O–H groups in total. The fourth-order valence-corrected chi connectivity index (χ4v) is 2.82. The Balaban J connectivity index is 2.57. The molecule has 0 spiro atoms. The van der Waals surface area contributed by atoms with Crippen LogP contribution in [0.15, 0.2) is 30.5 Å². The molecule has 0 aliphatic carbocycles. The van der Waals surface area contributed by atoms with E-state index in [2.05, 4.69) is 4.85 Å². The molecular formula is C20H21N3O4. The molecule has 0 saturated carbocycles. The minimum absolute atomic E-state index is 0.0486. The van der Waals surface area contributed by atoms with Gasteiger partial charge in [0.1, 0.15) is 12.0 Å². The number of carbonyl (C=O) groups excluding carboxylic acids is 2. The Kier molecular flexibility index (Phi) is 5.56. The lowest BCUT2D eigenvalue weighted by Crippen LogP contribution is -2.38. The Morgan fingerprint density at radius 2 is 1.96 bits per heavy atom. The molecule has 27 heavy (non-hydrogen) atoms. The summed E-state index contributed by atoms with van der Waals surface area (Å²) in [6.07, 6.45) is 0.637. The Labute approximate surface area is 157 Å². The van der Waals surface area contributed by atoms with Gasteiger partial charge >= 0.3 is 17.6 Å². The maximum atomic E-state index is 12.6. The number of aromatic nitrogens is 1. The summed E-state index contributed by atoms with van der Waals surface area (Å²) in [6, 6.07) is 9.02. The minimum Gasteiger partial charge on any atom is -0.463 e. The van der Waals surface area contributed by atoms with Gasteiger partial charge in [-0.3, -0.25) is 9.41 Å². The minimum atomic E-state index is -1.66. The third-order valence-corrected chi connectivity index (χ3v) is 4.02. The van der Waals surface area contributed by atoms with Gasteiger partial charge in [0.25, 0.3) is 0 Å². The van der Waals surface area contributed by atoms with Crippen LogP contribution in [0.3, 0.4) is 0 Å². The van der Waals surface area contributed by atoms with Crippen LogP contribution in [-0.4, -0.2) is 34.9 Å². The Morgan fingerprint density at radius 1 is 1.30 bits per heavy atom. The summed E-state index contributed by atoms with van der Waals surface area (Å²) in [5.41, 5.74) is -1.14. The molecule has 0 bridgehead atoms. The van der Waals surface area contributed by atoms with E-state index in [1.165, 1.54) is 11.7 Å². The number of fused-ring (bicyclic) bond motifs is 1. The molecule has 1 aromatic heterocycles. The number of hydrogen-bond acceptors (Lipinski definition) is 5. The Hall–Kier alpha value is -3.32. The number of benzene rings is 1. The van der Waals surface area contributed by atoms with Crippen molar-refractivity contribution in [2.75, 3.05) is 7.11 Å². The van der Waals surface area contributed by atoms with Gasteiger partial charge in [0, 0.05) is 11.6 Å². The van der Waals surface area contributed by atoms with E-state index in [-0.39, 0.29) is 12.8 Å². The summed E-state index contributed by atoms with van der Waals surface area (Å²) in [6.45, 7) is 12.8. The summed E-state index contributed by atoms with van der Waals surface area (Å²) in [5.74, 6) is -0.770. The molecular weight excluding hydrogens is 346 g/mol. The Morgan fingerprint density at radius 3 is 2.52 bits per heavy atom. The van der Waals surface area contributed by atoms with Gasteiger partial charge in [-0.2, -0.15) is 5.26 Å². The van der Waals surface area contributed by atoms with Crippen LogP contribution in [0.25, 0.3) is 15.7 Å². The third kappa shape index (κ3) is 4.09. The smallest absolute Gasteiger partial charge is 0.419 e. The van der Waals surface area contributed by atoms with E-state index in [9.17, 15) is 9.59 Å². The van der Waals surface area contributed by atoms with Crippen molar-refractivity contribution in [2.24, 2.45) is 0 Å². The topological polar surface area (TPSA) is 85.7 Å². The molecule has 2 rings (SSSR count). The lowest BCUT2D eigenvalue weighted by molar-refractivity contribution is -0.145. The number of methoxy groups -OCH3 is 1. The van der Waals surface area contributed by atoms with Crippen LogP contribution >= 0.6 is 0 Å². The van der Waals surface area contributed by atoms with Gasteiger partial charge in [-0.15, -0.1) is 0 Å². The average molecular weight is 367 g/mol. The van der Waals surface area contributed by atoms with E-state index < -0.39 is 23.2 Å². The third-order valence-electron chi connectivity index (χ3n) is 4.02. The summed E-state index contributed by atoms with van der Waals surface area (Å²) in [4.78, 5) is 28.2. The van der Waals surface area contributed by atoms with Gasteiger partial charge in [0.2, 0.25) is 0 Å². The Bertz CT molecular complexity index is 956. The van der Waals surface area contributed by atoms with Gasteiger partial charge < -0.3 is 9.47 Å². The zero-order valence-corrected chi connectivity index (χ0v) is 15.8. The van der Waals surface area contributed by atoms with E-state index in [1.54, 1.807) is 51.2 Å². The fraction of sp³-hybridized carbons (Fsp3) is 0.400. The molecule has 2 aromatic rings. The number of nitrogens with zero attached hydrogens (tertiary/aromatic N) is 3. The van der Waals surface area contributed by atoms with Crippen LogP contribution in [-0.2, 0) is 20.7 Å². The standard InChI is InChI=1S/C20H21N3O4/c1-19(2,3)27-18(25)23-13-14(15-8-6-7-9-16(15)23)12-20(22-4,10-11-21)17(24)26-5/h6-9,13H,10,12H2,1-3,5H3. The van der Waals surface area contributed by atoms with Crippen LogP contribution in [0.2, 0.25) is 0 Å². The predicted molar refractivity (Wildman–Crippen MR) is 98.9 cm³/mol. The second-order valence-corrected chi connectivity index (χ2v) is 7.17. The zero-order valence-electron chi connectivity index (χ0n) is 15.8.